The van der Waals surface area contributed by atoms with Crippen molar-refractivity contribution >= 4 is 23.5 Å². The molecule has 0 fully saturated rings. The Morgan fingerprint density at radius 1 is 1.47 bits per heavy atom. The van der Waals surface area contributed by atoms with E-state index in [9.17, 15) is 22.8 Å². The number of alkyl halides is 3. The third-order valence-corrected chi connectivity index (χ3v) is 2.00. The molecule has 0 saturated carbocycles. The fraction of sp³-hybridized carbons (Fsp3) is 0.273. The van der Waals surface area contributed by atoms with Crippen molar-refractivity contribution in [1.29, 1.82) is 0 Å². The van der Waals surface area contributed by atoms with Gasteiger partial charge < -0.3 is 4.74 Å². The standard InChI is InChI=1S/C11H9F3N2O3/c1-7-2-3-8(15-6-17)4-9(7)16-10(18)19-5-11(12,13)14/h2-4H,5H2,1H3,(H,16,18). The Morgan fingerprint density at radius 2 is 2.16 bits per heavy atom. The van der Waals surface area contributed by atoms with Crippen molar-refractivity contribution < 1.29 is 27.5 Å². The van der Waals surface area contributed by atoms with Gasteiger partial charge in [0.15, 0.2) is 6.61 Å². The highest BCUT2D eigenvalue weighted by Gasteiger charge is 2.29. The van der Waals surface area contributed by atoms with E-state index in [0.717, 1.165) is 0 Å². The lowest BCUT2D eigenvalue weighted by Gasteiger charge is -2.11. The van der Waals surface area contributed by atoms with E-state index in [1.807, 2.05) is 0 Å². The summed E-state index contributed by atoms with van der Waals surface area (Å²) in [6.07, 6.45) is -4.52. The molecule has 0 radical (unpaired) electrons. The summed E-state index contributed by atoms with van der Waals surface area (Å²) < 4.78 is 39.5. The van der Waals surface area contributed by atoms with E-state index < -0.39 is 18.9 Å². The first-order valence-corrected chi connectivity index (χ1v) is 5.01. The Kier molecular flexibility index (Phi) is 4.66. The van der Waals surface area contributed by atoms with Crippen LogP contribution in [-0.2, 0) is 9.53 Å². The number of rotatable bonds is 3. The average molecular weight is 274 g/mol. The van der Waals surface area contributed by atoms with Gasteiger partial charge in [-0.1, -0.05) is 6.07 Å². The van der Waals surface area contributed by atoms with Gasteiger partial charge >= 0.3 is 12.3 Å². The minimum Gasteiger partial charge on any atom is -0.440 e. The highest BCUT2D eigenvalue weighted by atomic mass is 19.4. The molecule has 8 heteroatoms. The van der Waals surface area contributed by atoms with Gasteiger partial charge in [0.1, 0.15) is 0 Å². The fourth-order valence-electron chi connectivity index (χ4n) is 1.16. The summed E-state index contributed by atoms with van der Waals surface area (Å²) in [5, 5.41) is 2.13. The van der Waals surface area contributed by atoms with Crippen LogP contribution in [0.3, 0.4) is 0 Å². The Balaban J connectivity index is 2.73. The van der Waals surface area contributed by atoms with E-state index in [1.165, 1.54) is 24.3 Å². The molecule has 0 aliphatic rings. The number of nitrogens with zero attached hydrogens (tertiary/aromatic N) is 1. The highest BCUT2D eigenvalue weighted by Crippen LogP contribution is 2.22. The summed E-state index contributed by atoms with van der Waals surface area (Å²) in [5.41, 5.74) is 0.990. The van der Waals surface area contributed by atoms with Crippen molar-refractivity contribution in [3.05, 3.63) is 23.8 Å². The molecule has 102 valence electrons. The number of isocyanates is 1. The number of hydrogen-bond acceptors (Lipinski definition) is 4. The first kappa shape index (κ1) is 14.7. The predicted molar refractivity (Wildman–Crippen MR) is 60.0 cm³/mol. The van der Waals surface area contributed by atoms with Crippen LogP contribution in [0.4, 0.5) is 29.3 Å². The van der Waals surface area contributed by atoms with Gasteiger partial charge in [-0.2, -0.15) is 18.2 Å². The lowest BCUT2D eigenvalue weighted by molar-refractivity contribution is -0.159. The van der Waals surface area contributed by atoms with Crippen molar-refractivity contribution in [2.24, 2.45) is 4.99 Å². The van der Waals surface area contributed by atoms with Crippen LogP contribution in [-0.4, -0.2) is 25.0 Å². The SMILES string of the molecule is Cc1ccc(N=C=O)cc1NC(=O)OCC(F)(F)F. The molecule has 0 atom stereocenters. The van der Waals surface area contributed by atoms with Crippen LogP contribution in [0.5, 0.6) is 0 Å². The van der Waals surface area contributed by atoms with Crippen LogP contribution in [0.15, 0.2) is 23.2 Å². The summed E-state index contributed by atoms with van der Waals surface area (Å²) in [7, 11) is 0. The van der Waals surface area contributed by atoms with Gasteiger partial charge in [0, 0.05) is 5.69 Å². The number of aliphatic imine (C=N–C) groups is 1. The molecule has 1 aromatic rings. The summed E-state index contributed by atoms with van der Waals surface area (Å²) in [6, 6.07) is 4.34. The van der Waals surface area contributed by atoms with E-state index in [-0.39, 0.29) is 11.4 Å². The number of aryl methyl sites for hydroxylation is 1. The van der Waals surface area contributed by atoms with Crippen molar-refractivity contribution in [2.45, 2.75) is 13.1 Å². The molecule has 0 saturated heterocycles. The van der Waals surface area contributed by atoms with Gasteiger partial charge in [-0.15, -0.1) is 0 Å². The Labute approximate surface area is 106 Å². The zero-order valence-corrected chi connectivity index (χ0v) is 9.75. The summed E-state index contributed by atoms with van der Waals surface area (Å²) >= 11 is 0. The van der Waals surface area contributed by atoms with Crippen LogP contribution >= 0.6 is 0 Å². The molecule has 1 aromatic carbocycles. The predicted octanol–water partition coefficient (Wildman–Crippen LogP) is 3.07. The first-order chi connectivity index (χ1) is 8.81. The number of nitrogens with one attached hydrogen (secondary N) is 1. The second-order valence-electron chi connectivity index (χ2n) is 3.52. The molecule has 0 heterocycles. The summed E-state index contributed by atoms with van der Waals surface area (Å²) in [4.78, 5) is 24.5. The number of hydrogen-bond donors (Lipinski definition) is 1. The maximum atomic E-state index is 11.8. The van der Waals surface area contributed by atoms with Crippen LogP contribution in [0.25, 0.3) is 0 Å². The minimum absolute atomic E-state index is 0.198. The molecule has 0 aliphatic carbocycles. The van der Waals surface area contributed by atoms with Crippen LogP contribution in [0.2, 0.25) is 0 Å². The van der Waals surface area contributed by atoms with E-state index in [0.29, 0.717) is 5.56 Å². The molecule has 19 heavy (non-hydrogen) atoms. The van der Waals surface area contributed by atoms with Crippen molar-refractivity contribution in [3.63, 3.8) is 0 Å². The van der Waals surface area contributed by atoms with Crippen LogP contribution in [0.1, 0.15) is 5.56 Å². The molecule has 1 N–H and O–H groups in total. The second kappa shape index (κ2) is 6.01. The fourth-order valence-corrected chi connectivity index (χ4v) is 1.16. The second-order valence-corrected chi connectivity index (χ2v) is 3.52. The molecule has 1 rings (SSSR count). The maximum absolute atomic E-state index is 11.8. The van der Waals surface area contributed by atoms with Gasteiger partial charge in [0.2, 0.25) is 6.08 Å². The number of anilines is 1. The van der Waals surface area contributed by atoms with Gasteiger partial charge in [0.25, 0.3) is 0 Å². The Morgan fingerprint density at radius 3 is 2.74 bits per heavy atom. The van der Waals surface area contributed by atoms with Crippen LogP contribution < -0.4 is 5.32 Å². The molecule has 1 amide bonds. The molecule has 0 unspecified atom stereocenters. The minimum atomic E-state index is -4.59. The van der Waals surface area contributed by atoms with Crippen LogP contribution in [0, 0.1) is 6.92 Å². The molecular weight excluding hydrogens is 265 g/mol. The lowest BCUT2D eigenvalue weighted by Crippen LogP contribution is -2.23. The van der Waals surface area contributed by atoms with E-state index in [1.54, 1.807) is 6.92 Å². The van der Waals surface area contributed by atoms with Crippen molar-refractivity contribution in [3.8, 4) is 0 Å². The molecule has 0 bridgehead atoms. The normalized spacial score (nSPS) is 10.5. The van der Waals surface area contributed by atoms with Gasteiger partial charge in [0.05, 0.1) is 5.69 Å². The number of ether oxygens (including phenoxy) is 1. The van der Waals surface area contributed by atoms with Crippen molar-refractivity contribution in [2.75, 3.05) is 11.9 Å². The van der Waals surface area contributed by atoms with Gasteiger partial charge in [-0.3, -0.25) is 5.32 Å². The number of benzene rings is 1. The van der Waals surface area contributed by atoms with Crippen molar-refractivity contribution in [1.82, 2.24) is 0 Å². The first-order valence-electron chi connectivity index (χ1n) is 5.01. The highest BCUT2D eigenvalue weighted by molar-refractivity contribution is 5.86. The Hall–Kier alpha value is -2.34. The van der Waals surface area contributed by atoms with E-state index in [2.05, 4.69) is 15.0 Å². The molecule has 0 aromatic heterocycles. The zero-order valence-electron chi connectivity index (χ0n) is 9.75. The molecule has 5 nitrogen and oxygen atoms in total. The molecule has 0 spiro atoms. The zero-order chi connectivity index (χ0) is 14.5. The smallest absolute Gasteiger partial charge is 0.422 e. The third-order valence-electron chi connectivity index (χ3n) is 2.00. The number of amides is 1. The Bertz CT molecular complexity index is 522. The van der Waals surface area contributed by atoms with Gasteiger partial charge in [-0.25, -0.2) is 9.59 Å². The largest absolute Gasteiger partial charge is 0.440 e. The van der Waals surface area contributed by atoms with E-state index >= 15 is 0 Å². The summed E-state index contributed by atoms with van der Waals surface area (Å²) in [5.74, 6) is 0. The maximum Gasteiger partial charge on any atom is 0.422 e. The number of carbonyl (C=O) groups is 1. The third kappa shape index (κ3) is 5.22. The number of halogens is 3. The lowest BCUT2D eigenvalue weighted by atomic mass is 10.2. The molecular formula is C11H9F3N2O3. The number of carbonyl (C=O) groups excluding carboxylic acids is 2. The monoisotopic (exact) mass is 274 g/mol. The van der Waals surface area contributed by atoms with Gasteiger partial charge in [-0.05, 0) is 24.6 Å². The van der Waals surface area contributed by atoms with E-state index in [4.69, 9.17) is 0 Å². The summed E-state index contributed by atoms with van der Waals surface area (Å²) in [6.45, 7) is -0.0577. The molecule has 0 aliphatic heterocycles. The quantitative estimate of drug-likeness (QED) is 0.680. The topological polar surface area (TPSA) is 67.8 Å². The average Bonchev–Trinajstić information content (AvgIpc) is 2.30.